The van der Waals surface area contributed by atoms with Crippen LogP contribution in [0.25, 0.3) is 0 Å². The highest BCUT2D eigenvalue weighted by molar-refractivity contribution is 6.36. The van der Waals surface area contributed by atoms with Crippen molar-refractivity contribution in [3.05, 3.63) is 57.8 Å². The van der Waals surface area contributed by atoms with Gasteiger partial charge in [0.25, 0.3) is 5.91 Å². The molecule has 2 aromatic rings. The Morgan fingerprint density at radius 3 is 2.85 bits per heavy atom. The summed E-state index contributed by atoms with van der Waals surface area (Å²) in [5.41, 5.74) is 2.81. The van der Waals surface area contributed by atoms with Crippen LogP contribution in [0.1, 0.15) is 16.1 Å². The lowest BCUT2D eigenvalue weighted by Gasteiger charge is -2.02. The number of hydrogen-bond donors (Lipinski definition) is 2. The minimum atomic E-state index is -0.463. The second kappa shape index (κ2) is 6.36. The number of benzene rings is 1. The average Bonchev–Trinajstić information content (AvgIpc) is 2.44. The molecule has 102 valence electrons. The summed E-state index contributed by atoms with van der Waals surface area (Å²) in [6.45, 7) is 0. The fourth-order valence-electron chi connectivity index (χ4n) is 1.40. The van der Waals surface area contributed by atoms with Gasteiger partial charge in [0.1, 0.15) is 11.4 Å². The standard InChI is InChI=1S/C13H9Cl2N3O2/c14-9-5-8(12(19)10(15)6-9)7-17-18-13(20)11-3-1-2-4-16-11/h1-7,19H,(H,18,20)/b17-7+. The molecule has 0 spiro atoms. The summed E-state index contributed by atoms with van der Waals surface area (Å²) >= 11 is 11.6. The summed E-state index contributed by atoms with van der Waals surface area (Å²) in [7, 11) is 0. The maximum Gasteiger partial charge on any atom is 0.289 e. The van der Waals surface area contributed by atoms with Crippen molar-refractivity contribution in [1.29, 1.82) is 0 Å². The molecule has 0 saturated carbocycles. The first-order valence-corrected chi connectivity index (χ1v) is 6.26. The number of aromatic hydroxyl groups is 1. The molecule has 0 aliphatic carbocycles. The number of hydrogen-bond acceptors (Lipinski definition) is 4. The SMILES string of the molecule is O=C(N/N=C/c1cc(Cl)cc(Cl)c1O)c1ccccn1. The Hall–Kier alpha value is -2.11. The van der Waals surface area contributed by atoms with Crippen LogP contribution < -0.4 is 5.43 Å². The molecule has 0 atom stereocenters. The molecule has 7 heteroatoms. The van der Waals surface area contributed by atoms with Crippen molar-refractivity contribution in [3.63, 3.8) is 0 Å². The zero-order chi connectivity index (χ0) is 14.5. The lowest BCUT2D eigenvalue weighted by atomic mass is 10.2. The van der Waals surface area contributed by atoms with E-state index >= 15 is 0 Å². The molecule has 0 saturated heterocycles. The number of phenolic OH excluding ortho intramolecular Hbond substituents is 1. The van der Waals surface area contributed by atoms with Crippen LogP contribution in [0.5, 0.6) is 5.75 Å². The van der Waals surface area contributed by atoms with Crippen molar-refractivity contribution in [2.24, 2.45) is 5.10 Å². The van der Waals surface area contributed by atoms with E-state index in [2.05, 4.69) is 15.5 Å². The number of halogens is 2. The highest BCUT2D eigenvalue weighted by atomic mass is 35.5. The van der Waals surface area contributed by atoms with E-state index in [0.29, 0.717) is 10.6 Å². The summed E-state index contributed by atoms with van der Waals surface area (Å²) in [5, 5.41) is 13.9. The van der Waals surface area contributed by atoms with Gasteiger partial charge in [0.15, 0.2) is 0 Å². The normalized spacial score (nSPS) is 10.7. The topological polar surface area (TPSA) is 74.6 Å². The number of carbonyl (C=O) groups excluding carboxylic acids is 1. The number of carbonyl (C=O) groups is 1. The van der Waals surface area contributed by atoms with Crippen LogP contribution in [0.4, 0.5) is 0 Å². The first-order chi connectivity index (χ1) is 9.58. The van der Waals surface area contributed by atoms with E-state index in [1.165, 1.54) is 24.5 Å². The van der Waals surface area contributed by atoms with Crippen LogP contribution in [0.2, 0.25) is 10.0 Å². The highest BCUT2D eigenvalue weighted by Crippen LogP contribution is 2.29. The largest absolute Gasteiger partial charge is 0.506 e. The Kier molecular flexibility index (Phi) is 4.55. The third-order valence-corrected chi connectivity index (χ3v) is 2.83. The maximum atomic E-state index is 11.7. The first-order valence-electron chi connectivity index (χ1n) is 5.50. The molecule has 1 amide bonds. The highest BCUT2D eigenvalue weighted by Gasteiger charge is 2.07. The fraction of sp³-hybridized carbons (Fsp3) is 0. The number of pyridine rings is 1. The Labute approximate surface area is 124 Å². The average molecular weight is 310 g/mol. The van der Waals surface area contributed by atoms with Crippen molar-refractivity contribution in [3.8, 4) is 5.75 Å². The van der Waals surface area contributed by atoms with Crippen molar-refractivity contribution < 1.29 is 9.90 Å². The third kappa shape index (κ3) is 3.46. The summed E-state index contributed by atoms with van der Waals surface area (Å²) in [6, 6.07) is 7.82. The number of rotatable bonds is 3. The van der Waals surface area contributed by atoms with Crippen LogP contribution in [0.15, 0.2) is 41.6 Å². The molecule has 0 aliphatic rings. The van der Waals surface area contributed by atoms with Gasteiger partial charge in [-0.3, -0.25) is 9.78 Å². The predicted octanol–water partition coefficient (Wildman–Crippen LogP) is 2.86. The molecule has 2 N–H and O–H groups in total. The van der Waals surface area contributed by atoms with Gasteiger partial charge in [-0.05, 0) is 24.3 Å². The molecule has 1 aromatic carbocycles. The molecule has 20 heavy (non-hydrogen) atoms. The van der Waals surface area contributed by atoms with E-state index < -0.39 is 5.91 Å². The number of amides is 1. The van der Waals surface area contributed by atoms with Gasteiger partial charge in [-0.15, -0.1) is 0 Å². The van der Waals surface area contributed by atoms with E-state index in [9.17, 15) is 9.90 Å². The zero-order valence-electron chi connectivity index (χ0n) is 10.0. The van der Waals surface area contributed by atoms with Gasteiger partial charge < -0.3 is 5.11 Å². The summed E-state index contributed by atoms with van der Waals surface area (Å²) in [6.07, 6.45) is 2.75. The van der Waals surface area contributed by atoms with Gasteiger partial charge in [0.05, 0.1) is 11.2 Å². The molecule has 0 radical (unpaired) electrons. The summed E-state index contributed by atoms with van der Waals surface area (Å²) in [4.78, 5) is 15.5. The third-order valence-electron chi connectivity index (χ3n) is 2.32. The predicted molar refractivity (Wildman–Crippen MR) is 77.4 cm³/mol. The minimum absolute atomic E-state index is 0.106. The van der Waals surface area contributed by atoms with E-state index in [1.807, 2.05) is 0 Å². The zero-order valence-corrected chi connectivity index (χ0v) is 11.6. The molecule has 1 heterocycles. The van der Waals surface area contributed by atoms with Crippen LogP contribution >= 0.6 is 23.2 Å². The van der Waals surface area contributed by atoms with Gasteiger partial charge in [-0.1, -0.05) is 29.3 Å². The Morgan fingerprint density at radius 1 is 1.35 bits per heavy atom. The second-order valence-corrected chi connectivity index (χ2v) is 4.58. The second-order valence-electron chi connectivity index (χ2n) is 3.74. The van der Waals surface area contributed by atoms with E-state index in [4.69, 9.17) is 23.2 Å². The smallest absolute Gasteiger partial charge is 0.289 e. The Morgan fingerprint density at radius 2 is 2.15 bits per heavy atom. The summed E-state index contributed by atoms with van der Waals surface area (Å²) in [5.74, 6) is -0.624. The van der Waals surface area contributed by atoms with Gasteiger partial charge >= 0.3 is 0 Å². The van der Waals surface area contributed by atoms with Crippen molar-refractivity contribution in [2.45, 2.75) is 0 Å². The molecule has 5 nitrogen and oxygen atoms in total. The van der Waals surface area contributed by atoms with Gasteiger partial charge in [0, 0.05) is 16.8 Å². The van der Waals surface area contributed by atoms with Crippen LogP contribution in [0, 0.1) is 0 Å². The van der Waals surface area contributed by atoms with Crippen molar-refractivity contribution >= 4 is 35.3 Å². The molecule has 0 fully saturated rings. The number of nitrogens with zero attached hydrogens (tertiary/aromatic N) is 2. The quantitative estimate of drug-likeness (QED) is 0.676. The number of aromatic nitrogens is 1. The van der Waals surface area contributed by atoms with E-state index in [-0.39, 0.29) is 16.5 Å². The van der Waals surface area contributed by atoms with Crippen LogP contribution in [-0.2, 0) is 0 Å². The lowest BCUT2D eigenvalue weighted by molar-refractivity contribution is 0.0950. The first kappa shape index (κ1) is 14.3. The van der Waals surface area contributed by atoms with Gasteiger partial charge in [-0.25, -0.2) is 5.43 Å². The maximum absolute atomic E-state index is 11.7. The van der Waals surface area contributed by atoms with Gasteiger partial charge in [0.2, 0.25) is 0 Å². The van der Waals surface area contributed by atoms with Crippen molar-refractivity contribution in [1.82, 2.24) is 10.4 Å². The lowest BCUT2D eigenvalue weighted by Crippen LogP contribution is -2.18. The molecule has 0 aliphatic heterocycles. The van der Waals surface area contributed by atoms with Gasteiger partial charge in [-0.2, -0.15) is 5.10 Å². The Bertz CT molecular complexity index is 660. The molecule has 0 unspecified atom stereocenters. The fourth-order valence-corrected chi connectivity index (χ4v) is 1.91. The molecule has 1 aromatic heterocycles. The molecule has 2 rings (SSSR count). The molecular formula is C13H9Cl2N3O2. The van der Waals surface area contributed by atoms with E-state index in [1.54, 1.807) is 18.2 Å². The number of hydrazone groups is 1. The number of nitrogens with one attached hydrogen (secondary N) is 1. The van der Waals surface area contributed by atoms with Crippen molar-refractivity contribution in [2.75, 3.05) is 0 Å². The Balaban J connectivity index is 2.10. The summed E-state index contributed by atoms with van der Waals surface area (Å²) < 4.78 is 0. The van der Waals surface area contributed by atoms with Crippen LogP contribution in [-0.4, -0.2) is 22.2 Å². The van der Waals surface area contributed by atoms with Crippen LogP contribution in [0.3, 0.4) is 0 Å². The molecule has 0 bridgehead atoms. The van der Waals surface area contributed by atoms with E-state index in [0.717, 1.165) is 0 Å². The molecular weight excluding hydrogens is 301 g/mol. The monoisotopic (exact) mass is 309 g/mol. The minimum Gasteiger partial charge on any atom is -0.506 e. The number of phenols is 1.